The molecule has 1 aliphatic heterocycles. The third-order valence-electron chi connectivity index (χ3n) is 5.51. The van der Waals surface area contributed by atoms with Gasteiger partial charge in [0, 0.05) is 18.8 Å². The van der Waals surface area contributed by atoms with Gasteiger partial charge in [-0.15, -0.1) is 10.2 Å². The Morgan fingerprint density at radius 2 is 1.91 bits per heavy atom. The zero-order valence-corrected chi connectivity index (χ0v) is 19.4. The van der Waals surface area contributed by atoms with Crippen molar-refractivity contribution in [1.29, 1.82) is 0 Å². The highest BCUT2D eigenvalue weighted by molar-refractivity contribution is 7.99. The topological polar surface area (TPSA) is 85.2 Å². The van der Waals surface area contributed by atoms with E-state index >= 15 is 0 Å². The van der Waals surface area contributed by atoms with E-state index in [9.17, 15) is 17.6 Å². The molecule has 2 aromatic carbocycles. The summed E-state index contributed by atoms with van der Waals surface area (Å²) in [4.78, 5) is 14.2. The molecule has 0 spiro atoms. The van der Waals surface area contributed by atoms with Gasteiger partial charge in [-0.25, -0.2) is 12.8 Å². The Kier molecular flexibility index (Phi) is 6.34. The lowest BCUT2D eigenvalue weighted by Gasteiger charge is -2.23. The molecule has 1 aromatic heterocycles. The second kappa shape index (κ2) is 9.03. The van der Waals surface area contributed by atoms with Crippen molar-refractivity contribution in [3.63, 3.8) is 0 Å². The molecule has 168 valence electrons. The second-order valence-electron chi connectivity index (χ2n) is 7.81. The zero-order chi connectivity index (χ0) is 22.9. The minimum Gasteiger partial charge on any atom is -0.341 e. The van der Waals surface area contributed by atoms with Crippen LogP contribution in [0, 0.1) is 12.7 Å². The lowest BCUT2D eigenvalue weighted by atomic mass is 10.2. The van der Waals surface area contributed by atoms with Crippen molar-refractivity contribution >= 4 is 27.5 Å². The molecule has 0 saturated carbocycles. The van der Waals surface area contributed by atoms with Gasteiger partial charge in [-0.3, -0.25) is 9.36 Å². The van der Waals surface area contributed by atoms with Gasteiger partial charge in [-0.2, -0.15) is 0 Å². The molecule has 1 unspecified atom stereocenters. The molecule has 1 saturated heterocycles. The standard InChI is InChI=1S/C22H23FN4O3S2/c1-15-7-9-16(10-8-15)27-21(18-5-3-4-6-19(18)23)24-25-22(27)31-13-20(28)26(2)17-11-12-32(29,30)14-17/h3-10,17H,11-14H2,1-2H3. The van der Waals surface area contributed by atoms with Gasteiger partial charge in [0.1, 0.15) is 5.82 Å². The summed E-state index contributed by atoms with van der Waals surface area (Å²) in [6, 6.07) is 13.7. The molecule has 0 radical (unpaired) electrons. The van der Waals surface area contributed by atoms with Gasteiger partial charge in [-0.05, 0) is 37.6 Å². The highest BCUT2D eigenvalue weighted by Crippen LogP contribution is 2.30. The van der Waals surface area contributed by atoms with E-state index in [0.29, 0.717) is 23.0 Å². The Balaban J connectivity index is 1.61. The van der Waals surface area contributed by atoms with Crippen LogP contribution in [0.1, 0.15) is 12.0 Å². The summed E-state index contributed by atoms with van der Waals surface area (Å²) < 4.78 is 39.7. The number of thioether (sulfide) groups is 1. The summed E-state index contributed by atoms with van der Waals surface area (Å²) in [6.07, 6.45) is 0.451. The molecule has 3 aromatic rings. The number of hydrogen-bond donors (Lipinski definition) is 0. The SMILES string of the molecule is Cc1ccc(-n2c(SCC(=O)N(C)C3CCS(=O)(=O)C3)nnc2-c2ccccc2F)cc1. The number of hydrogen-bond acceptors (Lipinski definition) is 6. The van der Waals surface area contributed by atoms with E-state index in [-0.39, 0.29) is 29.2 Å². The van der Waals surface area contributed by atoms with E-state index in [1.54, 1.807) is 29.8 Å². The Hall–Kier alpha value is -2.72. The molecule has 0 bridgehead atoms. The summed E-state index contributed by atoms with van der Waals surface area (Å²) in [6.45, 7) is 1.97. The Bertz CT molecular complexity index is 1240. The number of aromatic nitrogens is 3. The number of carbonyl (C=O) groups excluding carboxylic acids is 1. The number of aryl methyl sites for hydroxylation is 1. The van der Waals surface area contributed by atoms with Crippen LogP contribution < -0.4 is 0 Å². The van der Waals surface area contributed by atoms with Crippen molar-refractivity contribution in [2.24, 2.45) is 0 Å². The van der Waals surface area contributed by atoms with Gasteiger partial charge in [-0.1, -0.05) is 41.6 Å². The molecule has 1 fully saturated rings. The van der Waals surface area contributed by atoms with E-state index < -0.39 is 15.7 Å². The van der Waals surface area contributed by atoms with Crippen molar-refractivity contribution in [3.05, 3.63) is 59.9 Å². The van der Waals surface area contributed by atoms with Gasteiger partial charge >= 0.3 is 0 Å². The van der Waals surface area contributed by atoms with E-state index in [2.05, 4.69) is 10.2 Å². The Morgan fingerprint density at radius 3 is 2.56 bits per heavy atom. The maximum atomic E-state index is 14.5. The fourth-order valence-electron chi connectivity index (χ4n) is 3.62. The molecule has 7 nitrogen and oxygen atoms in total. The van der Waals surface area contributed by atoms with Gasteiger partial charge in [0.2, 0.25) is 5.91 Å². The van der Waals surface area contributed by atoms with Crippen LogP contribution in [0.25, 0.3) is 17.1 Å². The lowest BCUT2D eigenvalue weighted by molar-refractivity contribution is -0.128. The summed E-state index contributed by atoms with van der Waals surface area (Å²) in [7, 11) is -1.45. The average Bonchev–Trinajstić information content (AvgIpc) is 3.35. The smallest absolute Gasteiger partial charge is 0.233 e. The highest BCUT2D eigenvalue weighted by Gasteiger charge is 2.32. The van der Waals surface area contributed by atoms with Gasteiger partial charge < -0.3 is 4.90 Å². The number of rotatable bonds is 6. The molecular formula is C22H23FN4O3S2. The molecule has 10 heteroatoms. The van der Waals surface area contributed by atoms with Crippen LogP contribution in [0.2, 0.25) is 0 Å². The fraction of sp³-hybridized carbons (Fsp3) is 0.318. The van der Waals surface area contributed by atoms with E-state index in [1.807, 2.05) is 31.2 Å². The van der Waals surface area contributed by atoms with Crippen LogP contribution in [0.5, 0.6) is 0 Å². The van der Waals surface area contributed by atoms with Crippen molar-refractivity contribution in [3.8, 4) is 17.1 Å². The molecule has 32 heavy (non-hydrogen) atoms. The Labute approximate surface area is 190 Å². The van der Waals surface area contributed by atoms with Crippen molar-refractivity contribution in [1.82, 2.24) is 19.7 Å². The zero-order valence-electron chi connectivity index (χ0n) is 17.7. The summed E-state index contributed by atoms with van der Waals surface area (Å²) >= 11 is 1.19. The number of nitrogens with zero attached hydrogens (tertiary/aromatic N) is 4. The maximum absolute atomic E-state index is 14.5. The number of benzene rings is 2. The molecule has 1 aliphatic rings. The lowest BCUT2D eigenvalue weighted by Crippen LogP contribution is -2.38. The predicted molar refractivity (Wildman–Crippen MR) is 122 cm³/mol. The first-order valence-corrected chi connectivity index (χ1v) is 12.9. The molecule has 1 amide bonds. The van der Waals surface area contributed by atoms with Crippen molar-refractivity contribution in [2.75, 3.05) is 24.3 Å². The van der Waals surface area contributed by atoms with Gasteiger partial charge in [0.15, 0.2) is 20.8 Å². The molecule has 0 N–H and O–H groups in total. The predicted octanol–water partition coefficient (Wildman–Crippen LogP) is 3.12. The first kappa shape index (κ1) is 22.5. The number of sulfone groups is 1. The molecule has 0 aliphatic carbocycles. The third kappa shape index (κ3) is 4.71. The van der Waals surface area contributed by atoms with E-state index in [1.165, 1.54) is 22.7 Å². The summed E-state index contributed by atoms with van der Waals surface area (Å²) in [5, 5.41) is 8.89. The van der Waals surface area contributed by atoms with Gasteiger partial charge in [0.05, 0.1) is 22.8 Å². The quantitative estimate of drug-likeness (QED) is 0.511. The molecular weight excluding hydrogens is 451 g/mol. The normalized spacial score (nSPS) is 17.4. The monoisotopic (exact) mass is 474 g/mol. The molecule has 4 rings (SSSR count). The van der Waals surface area contributed by atoms with Crippen LogP contribution in [0.3, 0.4) is 0 Å². The first-order chi connectivity index (χ1) is 15.2. The van der Waals surface area contributed by atoms with Crippen LogP contribution in [0.15, 0.2) is 53.7 Å². The van der Waals surface area contributed by atoms with E-state index in [0.717, 1.165) is 11.3 Å². The molecule has 2 heterocycles. The maximum Gasteiger partial charge on any atom is 0.233 e. The average molecular weight is 475 g/mol. The fourth-order valence-corrected chi connectivity index (χ4v) is 6.27. The minimum absolute atomic E-state index is 0.00309. The van der Waals surface area contributed by atoms with Crippen molar-refractivity contribution in [2.45, 2.75) is 24.5 Å². The van der Waals surface area contributed by atoms with Gasteiger partial charge in [0.25, 0.3) is 0 Å². The van der Waals surface area contributed by atoms with Crippen LogP contribution in [-0.4, -0.2) is 64.3 Å². The summed E-state index contributed by atoms with van der Waals surface area (Å²) in [5.74, 6) is -0.0929. The number of halogens is 1. The molecule has 1 atom stereocenters. The van der Waals surface area contributed by atoms with Crippen LogP contribution in [0.4, 0.5) is 4.39 Å². The summed E-state index contributed by atoms with van der Waals surface area (Å²) in [5.41, 5.74) is 2.14. The second-order valence-corrected chi connectivity index (χ2v) is 11.0. The largest absolute Gasteiger partial charge is 0.341 e. The van der Waals surface area contributed by atoms with Crippen molar-refractivity contribution < 1.29 is 17.6 Å². The third-order valence-corrected chi connectivity index (χ3v) is 8.18. The van der Waals surface area contributed by atoms with Crippen LogP contribution >= 0.6 is 11.8 Å². The Morgan fingerprint density at radius 1 is 1.19 bits per heavy atom. The van der Waals surface area contributed by atoms with Crippen LogP contribution in [-0.2, 0) is 14.6 Å². The number of carbonyl (C=O) groups is 1. The number of amides is 1. The minimum atomic E-state index is -3.08. The first-order valence-electron chi connectivity index (χ1n) is 10.1. The van der Waals surface area contributed by atoms with E-state index in [4.69, 9.17) is 0 Å². The highest BCUT2D eigenvalue weighted by atomic mass is 32.2.